The summed E-state index contributed by atoms with van der Waals surface area (Å²) in [6.45, 7) is 7.26. The largest absolute Gasteiger partial charge is 0.481 e. The van der Waals surface area contributed by atoms with E-state index in [1.54, 1.807) is 17.0 Å². The highest BCUT2D eigenvalue weighted by molar-refractivity contribution is 7.89. The van der Waals surface area contributed by atoms with E-state index in [1.165, 1.54) is 4.31 Å². The Kier molecular flexibility index (Phi) is 6.57. The molecule has 0 aromatic heterocycles. The van der Waals surface area contributed by atoms with Gasteiger partial charge in [-0.2, -0.15) is 4.31 Å². The third kappa shape index (κ3) is 4.70. The van der Waals surface area contributed by atoms with Gasteiger partial charge in [0.1, 0.15) is 0 Å². The Labute approximate surface area is 179 Å². The number of benzene rings is 1. The highest BCUT2D eigenvalue weighted by Gasteiger charge is 2.39. The topological polar surface area (TPSA) is 95.0 Å². The number of aliphatic carboxylic acids is 1. The van der Waals surface area contributed by atoms with Crippen molar-refractivity contribution >= 4 is 21.9 Å². The van der Waals surface area contributed by atoms with Crippen LogP contribution in [-0.4, -0.2) is 60.8 Å². The number of amides is 1. The van der Waals surface area contributed by atoms with E-state index < -0.39 is 27.8 Å². The van der Waals surface area contributed by atoms with Crippen molar-refractivity contribution in [2.75, 3.05) is 26.2 Å². The highest BCUT2D eigenvalue weighted by atomic mass is 32.2. The van der Waals surface area contributed by atoms with Gasteiger partial charge in [-0.25, -0.2) is 8.42 Å². The highest BCUT2D eigenvalue weighted by Crippen LogP contribution is 2.32. The summed E-state index contributed by atoms with van der Waals surface area (Å²) in [6, 6.07) is 6.99. The van der Waals surface area contributed by atoms with Crippen molar-refractivity contribution < 1.29 is 23.1 Å². The zero-order valence-electron chi connectivity index (χ0n) is 18.0. The Hall–Kier alpha value is -1.93. The first-order chi connectivity index (χ1) is 14.0. The molecule has 1 amide bonds. The first kappa shape index (κ1) is 22.7. The van der Waals surface area contributed by atoms with Crippen molar-refractivity contribution in [2.45, 2.75) is 56.8 Å². The molecule has 1 heterocycles. The molecule has 2 atom stereocenters. The minimum Gasteiger partial charge on any atom is -0.481 e. The van der Waals surface area contributed by atoms with E-state index in [1.807, 2.05) is 12.1 Å². The summed E-state index contributed by atoms with van der Waals surface area (Å²) in [5.41, 5.74) is 1.01. The lowest BCUT2D eigenvalue weighted by molar-refractivity contribution is -0.152. The zero-order valence-corrected chi connectivity index (χ0v) is 18.8. The van der Waals surface area contributed by atoms with Gasteiger partial charge >= 0.3 is 5.97 Å². The molecule has 30 heavy (non-hydrogen) atoms. The molecule has 2 aliphatic rings. The molecular weight excluding hydrogens is 404 g/mol. The van der Waals surface area contributed by atoms with Crippen molar-refractivity contribution in [1.82, 2.24) is 9.21 Å². The standard InChI is InChI=1S/C22H32N2O5S/c1-22(2,3)16-8-10-17(11-9-16)30(28,29)24-14-12-23(13-15-24)20(25)18-6-4-5-7-19(18)21(26)27/h8-11,18-19H,4-7,12-15H2,1-3H3,(H,26,27). The van der Waals surface area contributed by atoms with Crippen LogP contribution in [0.1, 0.15) is 52.0 Å². The van der Waals surface area contributed by atoms with Gasteiger partial charge in [0.15, 0.2) is 0 Å². The summed E-state index contributed by atoms with van der Waals surface area (Å²) >= 11 is 0. The molecule has 2 fully saturated rings. The number of piperazine rings is 1. The van der Waals surface area contributed by atoms with Crippen molar-refractivity contribution in [3.63, 3.8) is 0 Å². The van der Waals surface area contributed by atoms with E-state index in [-0.39, 0.29) is 29.3 Å². The molecule has 7 nitrogen and oxygen atoms in total. The minimum atomic E-state index is -3.62. The number of carboxylic acids is 1. The normalized spacial score (nSPS) is 23.9. The van der Waals surface area contributed by atoms with Gasteiger partial charge < -0.3 is 10.0 Å². The van der Waals surface area contributed by atoms with Gasteiger partial charge in [0, 0.05) is 26.2 Å². The fourth-order valence-electron chi connectivity index (χ4n) is 4.38. The van der Waals surface area contributed by atoms with E-state index in [9.17, 15) is 23.1 Å². The summed E-state index contributed by atoms with van der Waals surface area (Å²) in [5, 5.41) is 9.44. The number of carbonyl (C=O) groups excluding carboxylic acids is 1. The Morgan fingerprint density at radius 2 is 1.47 bits per heavy atom. The Morgan fingerprint density at radius 3 is 1.97 bits per heavy atom. The fraction of sp³-hybridized carbons (Fsp3) is 0.636. The van der Waals surface area contributed by atoms with Crippen LogP contribution in [0, 0.1) is 11.8 Å². The summed E-state index contributed by atoms with van der Waals surface area (Å²) in [7, 11) is -3.62. The maximum atomic E-state index is 13.0. The number of hydrogen-bond donors (Lipinski definition) is 1. The number of nitrogens with zero attached hydrogens (tertiary/aromatic N) is 2. The van der Waals surface area contributed by atoms with Crippen LogP contribution in [0.25, 0.3) is 0 Å². The summed E-state index contributed by atoms with van der Waals surface area (Å²) in [6.07, 6.45) is 2.82. The van der Waals surface area contributed by atoms with Crippen molar-refractivity contribution in [3.8, 4) is 0 Å². The molecule has 1 aromatic rings. The molecule has 1 aromatic carbocycles. The average Bonchev–Trinajstić information content (AvgIpc) is 2.72. The molecule has 166 valence electrons. The van der Waals surface area contributed by atoms with Gasteiger partial charge in [0.05, 0.1) is 16.7 Å². The van der Waals surface area contributed by atoms with Crippen LogP contribution in [-0.2, 0) is 25.0 Å². The third-order valence-corrected chi connectivity index (χ3v) is 8.22. The second-order valence-corrected chi connectivity index (χ2v) is 11.3. The zero-order chi connectivity index (χ0) is 22.1. The van der Waals surface area contributed by atoms with Gasteiger partial charge in [-0.3, -0.25) is 9.59 Å². The van der Waals surface area contributed by atoms with E-state index in [0.717, 1.165) is 18.4 Å². The van der Waals surface area contributed by atoms with Crippen LogP contribution in [0.3, 0.4) is 0 Å². The quantitative estimate of drug-likeness (QED) is 0.783. The van der Waals surface area contributed by atoms with Crippen molar-refractivity contribution in [1.29, 1.82) is 0 Å². The number of hydrogen-bond acceptors (Lipinski definition) is 4. The van der Waals surface area contributed by atoms with Gasteiger partial charge in [-0.15, -0.1) is 0 Å². The monoisotopic (exact) mass is 436 g/mol. The predicted molar refractivity (Wildman–Crippen MR) is 114 cm³/mol. The molecule has 1 aliphatic heterocycles. The SMILES string of the molecule is CC(C)(C)c1ccc(S(=O)(=O)N2CCN(C(=O)C3CCCCC3C(=O)O)CC2)cc1. The number of sulfonamides is 1. The van der Waals surface area contributed by atoms with E-state index in [4.69, 9.17) is 0 Å². The van der Waals surface area contributed by atoms with Gasteiger partial charge in [-0.05, 0) is 36.0 Å². The van der Waals surface area contributed by atoms with Gasteiger partial charge in [0.25, 0.3) is 0 Å². The smallest absolute Gasteiger partial charge is 0.307 e. The van der Waals surface area contributed by atoms with E-state index in [0.29, 0.717) is 25.9 Å². The lowest BCUT2D eigenvalue weighted by Crippen LogP contribution is -2.53. The Balaban J connectivity index is 1.65. The molecule has 1 aliphatic carbocycles. The molecule has 1 N–H and O–H groups in total. The van der Waals surface area contributed by atoms with E-state index >= 15 is 0 Å². The molecule has 2 unspecified atom stereocenters. The van der Waals surface area contributed by atoms with Crippen LogP contribution in [0.15, 0.2) is 29.2 Å². The van der Waals surface area contributed by atoms with E-state index in [2.05, 4.69) is 20.8 Å². The number of carbonyl (C=O) groups is 2. The van der Waals surface area contributed by atoms with Crippen molar-refractivity contribution in [2.24, 2.45) is 11.8 Å². The van der Waals surface area contributed by atoms with Crippen LogP contribution in [0.5, 0.6) is 0 Å². The minimum absolute atomic E-state index is 0.0544. The lowest BCUT2D eigenvalue weighted by atomic mass is 9.78. The second-order valence-electron chi connectivity index (χ2n) is 9.34. The maximum Gasteiger partial charge on any atom is 0.307 e. The van der Waals surface area contributed by atoms with Crippen LogP contribution < -0.4 is 0 Å². The molecule has 0 bridgehead atoms. The summed E-state index contributed by atoms with van der Waals surface area (Å²) in [5.74, 6) is -2.18. The fourth-order valence-corrected chi connectivity index (χ4v) is 5.80. The Bertz CT molecular complexity index is 881. The third-order valence-electron chi connectivity index (χ3n) is 6.31. The first-order valence-electron chi connectivity index (χ1n) is 10.6. The Morgan fingerprint density at radius 1 is 0.933 bits per heavy atom. The van der Waals surface area contributed by atoms with Gasteiger partial charge in [0.2, 0.25) is 15.9 Å². The summed E-state index contributed by atoms with van der Waals surface area (Å²) < 4.78 is 27.4. The second kappa shape index (κ2) is 8.67. The van der Waals surface area contributed by atoms with Gasteiger partial charge in [-0.1, -0.05) is 45.7 Å². The summed E-state index contributed by atoms with van der Waals surface area (Å²) in [4.78, 5) is 26.3. The molecule has 1 saturated heterocycles. The maximum absolute atomic E-state index is 13.0. The van der Waals surface area contributed by atoms with Crippen LogP contribution >= 0.6 is 0 Å². The van der Waals surface area contributed by atoms with Crippen molar-refractivity contribution in [3.05, 3.63) is 29.8 Å². The number of carboxylic acid groups (broad SMARTS) is 1. The molecule has 8 heteroatoms. The average molecular weight is 437 g/mol. The molecule has 3 rings (SSSR count). The molecule has 1 saturated carbocycles. The first-order valence-corrected chi connectivity index (χ1v) is 12.1. The molecular formula is C22H32N2O5S. The molecule has 0 spiro atoms. The van der Waals surface area contributed by atoms with Crippen LogP contribution in [0.2, 0.25) is 0 Å². The number of rotatable bonds is 4. The molecule has 0 radical (unpaired) electrons. The predicted octanol–water partition coefficient (Wildman–Crippen LogP) is 2.71. The van der Waals surface area contributed by atoms with Crippen LogP contribution in [0.4, 0.5) is 0 Å². The lowest BCUT2D eigenvalue weighted by Gasteiger charge is -2.38.